The van der Waals surface area contributed by atoms with Crippen LogP contribution in [0.4, 0.5) is 9.93 Å². The molecule has 0 aliphatic rings. The van der Waals surface area contributed by atoms with Crippen LogP contribution in [-0.2, 0) is 16.0 Å². The number of amides is 3. The summed E-state index contributed by atoms with van der Waals surface area (Å²) in [5, 5.41) is 21.0. The van der Waals surface area contributed by atoms with Gasteiger partial charge < -0.3 is 5.11 Å². The number of carboxylic acids is 1. The first-order valence-electron chi connectivity index (χ1n) is 4.86. The average molecular weight is 270 g/mol. The van der Waals surface area contributed by atoms with Crippen LogP contribution in [0.3, 0.4) is 0 Å². The molecule has 1 rings (SSSR count). The third-order valence-electron chi connectivity index (χ3n) is 1.60. The Morgan fingerprint density at radius 3 is 2.61 bits per heavy atom. The number of aliphatic carboxylic acids is 1. The molecule has 3 N–H and O–H groups in total. The van der Waals surface area contributed by atoms with E-state index in [0.29, 0.717) is 12.5 Å². The normalized spacial score (nSPS) is 10.3. The molecule has 1 heterocycles. The molecule has 0 fully saturated rings. The van der Waals surface area contributed by atoms with Gasteiger partial charge in [-0.1, -0.05) is 18.3 Å². The number of anilines is 1. The van der Waals surface area contributed by atoms with Crippen molar-refractivity contribution in [3.63, 3.8) is 0 Å². The molecule has 0 atom stereocenters. The van der Waals surface area contributed by atoms with Crippen LogP contribution in [0, 0.1) is 0 Å². The molecule has 96 valence electrons. The molecule has 18 heavy (non-hydrogen) atoms. The number of hydrogen-bond donors (Lipinski definition) is 3. The molecule has 0 aliphatic carbocycles. The summed E-state index contributed by atoms with van der Waals surface area (Å²) in [6, 6.07) is -0.797. The SMILES string of the molecule is CCc1nnc(NC(=O)NC(=O)/C=C/C(=O)O)s1. The Bertz CT molecular complexity index is 497. The number of rotatable bonds is 4. The molecule has 0 unspecified atom stereocenters. The van der Waals surface area contributed by atoms with Crippen LogP contribution in [0.25, 0.3) is 0 Å². The van der Waals surface area contributed by atoms with Gasteiger partial charge in [0.2, 0.25) is 5.13 Å². The highest BCUT2D eigenvalue weighted by atomic mass is 32.1. The molecule has 0 radical (unpaired) electrons. The van der Waals surface area contributed by atoms with Crippen molar-refractivity contribution >= 4 is 34.4 Å². The standard InChI is InChI=1S/C9H10N4O4S/c1-2-6-12-13-9(18-6)11-8(17)10-5(14)3-4-7(15)16/h3-4H,2H2,1H3,(H,15,16)(H2,10,11,13,14,17)/b4-3+. The number of carboxylic acid groups (broad SMARTS) is 1. The van der Waals surface area contributed by atoms with E-state index in [1.165, 1.54) is 11.3 Å². The van der Waals surface area contributed by atoms with Gasteiger partial charge in [-0.2, -0.15) is 0 Å². The van der Waals surface area contributed by atoms with Crippen LogP contribution in [0.15, 0.2) is 12.2 Å². The highest BCUT2D eigenvalue weighted by Crippen LogP contribution is 2.14. The van der Waals surface area contributed by atoms with Crippen LogP contribution in [0.5, 0.6) is 0 Å². The lowest BCUT2D eigenvalue weighted by Gasteiger charge is -1.99. The number of hydrogen-bond acceptors (Lipinski definition) is 6. The number of aromatic nitrogens is 2. The maximum atomic E-state index is 11.3. The van der Waals surface area contributed by atoms with Gasteiger partial charge in [0.25, 0.3) is 5.91 Å². The van der Waals surface area contributed by atoms with Crippen molar-refractivity contribution in [1.29, 1.82) is 0 Å². The summed E-state index contributed by atoms with van der Waals surface area (Å²) in [4.78, 5) is 32.5. The van der Waals surface area contributed by atoms with Gasteiger partial charge in [-0.3, -0.25) is 15.4 Å². The van der Waals surface area contributed by atoms with E-state index in [4.69, 9.17) is 5.11 Å². The first kappa shape index (κ1) is 13.8. The van der Waals surface area contributed by atoms with E-state index >= 15 is 0 Å². The monoisotopic (exact) mass is 270 g/mol. The molecule has 0 saturated carbocycles. The Labute approximate surface area is 106 Å². The Morgan fingerprint density at radius 2 is 2.06 bits per heavy atom. The predicted molar refractivity (Wildman–Crippen MR) is 63.2 cm³/mol. The second-order valence-corrected chi connectivity index (χ2v) is 4.03. The molecular formula is C9H10N4O4S. The minimum absolute atomic E-state index is 0.263. The van der Waals surface area contributed by atoms with Crippen molar-refractivity contribution in [3.05, 3.63) is 17.2 Å². The van der Waals surface area contributed by atoms with Gasteiger partial charge in [0, 0.05) is 12.2 Å². The van der Waals surface area contributed by atoms with Gasteiger partial charge in [-0.25, -0.2) is 9.59 Å². The fourth-order valence-corrected chi connectivity index (χ4v) is 1.55. The topological polar surface area (TPSA) is 121 Å². The van der Waals surface area contributed by atoms with Crippen LogP contribution < -0.4 is 10.6 Å². The molecule has 0 saturated heterocycles. The molecule has 3 amide bonds. The lowest BCUT2D eigenvalue weighted by molar-refractivity contribution is -0.131. The van der Waals surface area contributed by atoms with Crippen LogP contribution in [0.2, 0.25) is 0 Å². The minimum atomic E-state index is -1.28. The molecule has 0 aromatic carbocycles. The first-order valence-corrected chi connectivity index (χ1v) is 5.68. The van der Waals surface area contributed by atoms with E-state index in [1.54, 1.807) is 0 Å². The Balaban J connectivity index is 2.46. The highest BCUT2D eigenvalue weighted by Gasteiger charge is 2.09. The fourth-order valence-electron chi connectivity index (χ4n) is 0.876. The van der Waals surface area contributed by atoms with E-state index in [1.807, 2.05) is 12.2 Å². The van der Waals surface area contributed by atoms with Crippen molar-refractivity contribution in [2.45, 2.75) is 13.3 Å². The summed E-state index contributed by atoms with van der Waals surface area (Å²) in [5.41, 5.74) is 0. The zero-order valence-electron chi connectivity index (χ0n) is 9.34. The second kappa shape index (κ2) is 6.45. The van der Waals surface area contributed by atoms with Crippen molar-refractivity contribution < 1.29 is 19.5 Å². The molecule has 0 aliphatic heterocycles. The molecule has 8 nitrogen and oxygen atoms in total. The maximum Gasteiger partial charge on any atom is 0.328 e. The number of urea groups is 1. The van der Waals surface area contributed by atoms with E-state index < -0.39 is 17.9 Å². The van der Waals surface area contributed by atoms with Gasteiger partial charge >= 0.3 is 12.0 Å². The van der Waals surface area contributed by atoms with Crippen molar-refractivity contribution in [3.8, 4) is 0 Å². The highest BCUT2D eigenvalue weighted by molar-refractivity contribution is 7.15. The van der Waals surface area contributed by atoms with E-state index in [0.717, 1.165) is 11.1 Å². The number of nitrogens with zero attached hydrogens (tertiary/aromatic N) is 2. The largest absolute Gasteiger partial charge is 0.478 e. The molecule has 1 aromatic rings. The van der Waals surface area contributed by atoms with Crippen molar-refractivity contribution in [1.82, 2.24) is 15.5 Å². The number of imide groups is 1. The van der Waals surface area contributed by atoms with Crippen LogP contribution in [-0.4, -0.2) is 33.2 Å². The zero-order chi connectivity index (χ0) is 13.5. The molecule has 1 aromatic heterocycles. The number of carbonyl (C=O) groups excluding carboxylic acids is 2. The maximum absolute atomic E-state index is 11.3. The number of carbonyl (C=O) groups is 3. The first-order chi connectivity index (χ1) is 8.51. The summed E-state index contributed by atoms with van der Waals surface area (Å²) >= 11 is 1.19. The second-order valence-electron chi connectivity index (χ2n) is 2.97. The van der Waals surface area contributed by atoms with E-state index in [2.05, 4.69) is 15.5 Å². The van der Waals surface area contributed by atoms with E-state index in [9.17, 15) is 14.4 Å². The fraction of sp³-hybridized carbons (Fsp3) is 0.222. The Kier molecular flexibility index (Phi) is 4.93. The van der Waals surface area contributed by atoms with Gasteiger partial charge in [0.15, 0.2) is 0 Å². The van der Waals surface area contributed by atoms with Crippen LogP contribution in [0.1, 0.15) is 11.9 Å². The zero-order valence-corrected chi connectivity index (χ0v) is 10.2. The minimum Gasteiger partial charge on any atom is -0.478 e. The van der Waals surface area contributed by atoms with Crippen molar-refractivity contribution in [2.24, 2.45) is 0 Å². The van der Waals surface area contributed by atoms with Gasteiger partial charge in [0.1, 0.15) is 5.01 Å². The molecule has 9 heteroatoms. The summed E-state index contributed by atoms with van der Waals surface area (Å²) in [7, 11) is 0. The molecular weight excluding hydrogens is 260 g/mol. The summed E-state index contributed by atoms with van der Waals surface area (Å²) in [6.07, 6.45) is 2.06. The smallest absolute Gasteiger partial charge is 0.328 e. The summed E-state index contributed by atoms with van der Waals surface area (Å²) < 4.78 is 0. The predicted octanol–water partition coefficient (Wildman–Crippen LogP) is 0.389. The summed E-state index contributed by atoms with van der Waals surface area (Å²) in [5.74, 6) is -2.11. The van der Waals surface area contributed by atoms with Gasteiger partial charge in [-0.05, 0) is 6.42 Å². The molecule has 0 bridgehead atoms. The number of nitrogens with one attached hydrogen (secondary N) is 2. The lowest BCUT2D eigenvalue weighted by atomic mass is 10.5. The van der Waals surface area contributed by atoms with Gasteiger partial charge in [-0.15, -0.1) is 10.2 Å². The number of aryl methyl sites for hydroxylation is 1. The third kappa shape index (κ3) is 4.70. The van der Waals surface area contributed by atoms with Gasteiger partial charge in [0.05, 0.1) is 0 Å². The Hall–Kier alpha value is -2.29. The lowest BCUT2D eigenvalue weighted by Crippen LogP contribution is -2.33. The quantitative estimate of drug-likeness (QED) is 0.680. The van der Waals surface area contributed by atoms with Crippen LogP contribution >= 0.6 is 11.3 Å². The van der Waals surface area contributed by atoms with E-state index in [-0.39, 0.29) is 5.13 Å². The molecule has 0 spiro atoms. The average Bonchev–Trinajstić information content (AvgIpc) is 2.73. The Morgan fingerprint density at radius 1 is 1.33 bits per heavy atom. The third-order valence-corrected chi connectivity index (χ3v) is 2.59. The van der Waals surface area contributed by atoms with Crippen molar-refractivity contribution in [2.75, 3.05) is 5.32 Å². The summed E-state index contributed by atoms with van der Waals surface area (Å²) in [6.45, 7) is 1.89.